The second-order valence-electron chi connectivity index (χ2n) is 9.06. The lowest BCUT2D eigenvalue weighted by atomic mass is 9.78. The third-order valence-corrected chi connectivity index (χ3v) is 8.21. The number of amides is 2. The van der Waals surface area contributed by atoms with E-state index < -0.39 is 11.9 Å². The molecule has 180 valence electrons. The lowest BCUT2D eigenvalue weighted by Gasteiger charge is -2.47. The predicted molar refractivity (Wildman–Crippen MR) is 120 cm³/mol. The average Bonchev–Trinajstić information content (AvgIpc) is 3.47. The molecule has 0 aliphatic carbocycles. The molecule has 4 rings (SSSR count). The van der Waals surface area contributed by atoms with E-state index in [0.29, 0.717) is 30.2 Å². The maximum Gasteiger partial charge on any atom is 0.353 e. The fraction of sp³-hybridized carbons (Fsp3) is 0.667. The Hall–Kier alpha value is -2.44. The van der Waals surface area contributed by atoms with Crippen molar-refractivity contribution in [1.29, 1.82) is 0 Å². The molecule has 0 unspecified atom stereocenters. The molecule has 3 aliphatic rings. The number of β-lactam (4-membered cyclic amide) rings is 1. The topological polar surface area (TPSA) is 130 Å². The molecule has 0 bridgehead atoms. The van der Waals surface area contributed by atoms with Crippen LogP contribution in [0.5, 0.6) is 0 Å². The van der Waals surface area contributed by atoms with E-state index in [-0.39, 0.29) is 46.8 Å². The van der Waals surface area contributed by atoms with Gasteiger partial charge in [-0.3, -0.25) is 9.59 Å². The Morgan fingerprint density at radius 3 is 2.79 bits per heavy atom. The van der Waals surface area contributed by atoms with Crippen molar-refractivity contribution < 1.29 is 24.2 Å². The molecule has 2 amide bonds. The Bertz CT molecular complexity index is 994. The summed E-state index contributed by atoms with van der Waals surface area (Å²) in [7, 11) is 5.02. The fourth-order valence-electron chi connectivity index (χ4n) is 5.04. The van der Waals surface area contributed by atoms with E-state index in [2.05, 4.69) is 15.6 Å². The van der Waals surface area contributed by atoms with Crippen LogP contribution in [-0.2, 0) is 25.7 Å². The smallest absolute Gasteiger partial charge is 0.353 e. The molecular weight excluding hydrogens is 448 g/mol. The number of ether oxygens (including phenoxy) is 1. The largest absolute Gasteiger partial charge is 0.477 e. The number of carboxylic acid groups (broad SMARTS) is 1. The number of rotatable bonds is 8. The maximum atomic E-state index is 13.1. The number of nitrogens with zero attached hydrogens (tertiary/aromatic N) is 5. The van der Waals surface area contributed by atoms with Gasteiger partial charge in [0.2, 0.25) is 11.8 Å². The van der Waals surface area contributed by atoms with Gasteiger partial charge in [-0.2, -0.15) is 0 Å². The summed E-state index contributed by atoms with van der Waals surface area (Å²) < 4.78 is 6.75. The summed E-state index contributed by atoms with van der Waals surface area (Å²) >= 11 is 1.48. The Morgan fingerprint density at radius 2 is 2.15 bits per heavy atom. The first kappa shape index (κ1) is 23.7. The highest BCUT2D eigenvalue weighted by molar-refractivity contribution is 8.03. The van der Waals surface area contributed by atoms with E-state index in [0.717, 1.165) is 0 Å². The summed E-state index contributed by atoms with van der Waals surface area (Å²) in [5.41, 5.74) is 0.746. The Labute approximate surface area is 196 Å². The second kappa shape index (κ2) is 9.07. The van der Waals surface area contributed by atoms with Crippen molar-refractivity contribution in [3.05, 3.63) is 22.5 Å². The first-order valence-corrected chi connectivity index (χ1v) is 11.8. The zero-order valence-electron chi connectivity index (χ0n) is 19.4. The highest BCUT2D eigenvalue weighted by Gasteiger charge is 2.60. The van der Waals surface area contributed by atoms with Gasteiger partial charge in [0.25, 0.3) is 0 Å². The quantitative estimate of drug-likeness (QED) is 0.507. The molecule has 3 aliphatic heterocycles. The number of aromatic nitrogens is 3. The standard InChI is InChI=1S/C21H30N6O5S/c1-10-16-15(11(2)26-8-12(9-32-5)23-24-26)20(29)27(16)17(21(30)31)18(10)33-13-6-14(22-7-13)19(28)25(3)4/h8,10-11,13-16,22H,6-7,9H2,1-5H3,(H,30,31)/t10-,11-,13+,14+,15-,16-/m1/s1. The molecule has 4 heterocycles. The van der Waals surface area contributed by atoms with Crippen LogP contribution in [0.4, 0.5) is 0 Å². The average molecular weight is 479 g/mol. The van der Waals surface area contributed by atoms with E-state index in [1.807, 2.05) is 13.8 Å². The molecule has 1 aromatic heterocycles. The van der Waals surface area contributed by atoms with Crippen LogP contribution >= 0.6 is 11.8 Å². The first-order valence-electron chi connectivity index (χ1n) is 11.0. The van der Waals surface area contributed by atoms with Crippen molar-refractivity contribution in [3.63, 3.8) is 0 Å². The zero-order valence-corrected chi connectivity index (χ0v) is 20.2. The van der Waals surface area contributed by atoms with Gasteiger partial charge in [-0.1, -0.05) is 12.1 Å². The number of fused-ring (bicyclic) bond motifs is 1. The third-order valence-electron chi connectivity index (χ3n) is 6.70. The SMILES string of the molecule is COCc1cn([C@H](C)[C@H]2C(=O)N3C(C(=O)O)=C(S[C@@H]4CN[C@H](C(=O)N(C)C)C4)[C@H](C)[C@H]23)nn1. The number of thioether (sulfide) groups is 1. The number of carbonyl (C=O) groups excluding carboxylic acids is 2. The van der Waals surface area contributed by atoms with Gasteiger partial charge in [0.1, 0.15) is 11.4 Å². The van der Waals surface area contributed by atoms with Crippen LogP contribution in [0.1, 0.15) is 32.0 Å². The van der Waals surface area contributed by atoms with Crippen molar-refractivity contribution in [2.75, 3.05) is 27.7 Å². The van der Waals surface area contributed by atoms with Crippen LogP contribution in [0.25, 0.3) is 0 Å². The predicted octanol–water partition coefficient (Wildman–Crippen LogP) is 0.310. The summed E-state index contributed by atoms with van der Waals surface area (Å²) in [5.74, 6) is -1.81. The van der Waals surface area contributed by atoms with Gasteiger partial charge in [0.15, 0.2) is 0 Å². The molecule has 0 saturated carbocycles. The molecule has 2 fully saturated rings. The van der Waals surface area contributed by atoms with Gasteiger partial charge < -0.3 is 25.0 Å². The zero-order chi connectivity index (χ0) is 24.0. The molecule has 33 heavy (non-hydrogen) atoms. The molecule has 6 atom stereocenters. The molecule has 11 nitrogen and oxygen atoms in total. The number of likely N-dealkylation sites (N-methyl/N-ethyl adjacent to an activating group) is 1. The van der Waals surface area contributed by atoms with Crippen molar-refractivity contribution in [1.82, 2.24) is 30.1 Å². The lowest BCUT2D eigenvalue weighted by Crippen LogP contribution is -2.62. The number of hydrogen-bond donors (Lipinski definition) is 2. The van der Waals surface area contributed by atoms with E-state index in [9.17, 15) is 19.5 Å². The summed E-state index contributed by atoms with van der Waals surface area (Å²) in [5, 5.41) is 21.5. The van der Waals surface area contributed by atoms with Crippen molar-refractivity contribution in [3.8, 4) is 0 Å². The van der Waals surface area contributed by atoms with Crippen LogP contribution in [0.2, 0.25) is 0 Å². The van der Waals surface area contributed by atoms with E-state index in [1.54, 1.807) is 37.0 Å². The molecule has 2 saturated heterocycles. The van der Waals surface area contributed by atoms with Gasteiger partial charge in [0, 0.05) is 43.8 Å². The second-order valence-corrected chi connectivity index (χ2v) is 10.4. The van der Waals surface area contributed by atoms with Crippen molar-refractivity contribution >= 4 is 29.5 Å². The molecule has 0 aromatic carbocycles. The number of methoxy groups -OCH3 is 1. The van der Waals surface area contributed by atoms with Crippen LogP contribution < -0.4 is 5.32 Å². The molecule has 0 spiro atoms. The first-order chi connectivity index (χ1) is 15.6. The fourth-order valence-corrected chi connectivity index (χ4v) is 6.52. The minimum Gasteiger partial charge on any atom is -0.477 e. The van der Waals surface area contributed by atoms with E-state index in [1.165, 1.54) is 16.7 Å². The minimum absolute atomic E-state index is 0.0126. The number of hydrogen-bond acceptors (Lipinski definition) is 8. The number of carbonyl (C=O) groups is 3. The highest BCUT2D eigenvalue weighted by Crippen LogP contribution is 2.53. The monoisotopic (exact) mass is 478 g/mol. The van der Waals surface area contributed by atoms with Crippen molar-refractivity contribution in [2.45, 2.75) is 50.3 Å². The highest BCUT2D eigenvalue weighted by atomic mass is 32.2. The molecule has 0 radical (unpaired) electrons. The van der Waals surface area contributed by atoms with Gasteiger partial charge in [-0.05, 0) is 13.3 Å². The van der Waals surface area contributed by atoms with Gasteiger partial charge >= 0.3 is 5.97 Å². The number of aliphatic carboxylic acids is 1. The summed E-state index contributed by atoms with van der Waals surface area (Å²) in [6.07, 6.45) is 2.38. The third kappa shape index (κ3) is 4.04. The maximum absolute atomic E-state index is 13.1. The summed E-state index contributed by atoms with van der Waals surface area (Å²) in [4.78, 5) is 41.3. The van der Waals surface area contributed by atoms with Crippen LogP contribution in [0.3, 0.4) is 0 Å². The number of nitrogens with one attached hydrogen (secondary N) is 1. The summed E-state index contributed by atoms with van der Waals surface area (Å²) in [6.45, 7) is 4.82. The van der Waals surface area contributed by atoms with Crippen LogP contribution in [-0.4, -0.2) is 92.8 Å². The summed E-state index contributed by atoms with van der Waals surface area (Å²) in [6, 6.07) is -0.790. The van der Waals surface area contributed by atoms with Crippen LogP contribution in [0.15, 0.2) is 16.8 Å². The molecule has 12 heteroatoms. The molecule has 2 N–H and O–H groups in total. The van der Waals surface area contributed by atoms with E-state index >= 15 is 0 Å². The van der Waals surface area contributed by atoms with Gasteiger partial charge in [0.05, 0.1) is 36.8 Å². The molecular formula is C21H30N6O5S. The van der Waals surface area contributed by atoms with Gasteiger partial charge in [-0.25, -0.2) is 9.48 Å². The van der Waals surface area contributed by atoms with Crippen molar-refractivity contribution in [2.24, 2.45) is 11.8 Å². The number of carboxylic acids is 1. The Morgan fingerprint density at radius 1 is 1.42 bits per heavy atom. The van der Waals surface area contributed by atoms with Gasteiger partial charge in [-0.15, -0.1) is 16.9 Å². The van der Waals surface area contributed by atoms with Crippen LogP contribution in [0, 0.1) is 11.8 Å². The Balaban J connectivity index is 1.51. The molecule has 1 aromatic rings. The van der Waals surface area contributed by atoms with E-state index in [4.69, 9.17) is 4.74 Å². The lowest BCUT2D eigenvalue weighted by molar-refractivity contribution is -0.159. The minimum atomic E-state index is -1.10. The Kier molecular flexibility index (Phi) is 6.52. The normalized spacial score (nSPS) is 29.8.